The molecule has 0 atom stereocenters. The molecule has 16 heavy (non-hydrogen) atoms. The zero-order valence-electron chi connectivity index (χ0n) is 8.90. The van der Waals surface area contributed by atoms with E-state index in [0.29, 0.717) is 22.9 Å². The van der Waals surface area contributed by atoms with Crippen LogP contribution in [0.2, 0.25) is 0 Å². The Hall–Kier alpha value is -2.18. The van der Waals surface area contributed by atoms with Crippen LogP contribution in [-0.2, 0) is 7.05 Å². The van der Waals surface area contributed by atoms with E-state index in [1.165, 1.54) is 16.8 Å². The van der Waals surface area contributed by atoms with E-state index >= 15 is 0 Å². The van der Waals surface area contributed by atoms with Gasteiger partial charge in [0.1, 0.15) is 5.82 Å². The molecule has 0 amide bonds. The van der Waals surface area contributed by atoms with Gasteiger partial charge in [-0.05, 0) is 35.0 Å². The van der Waals surface area contributed by atoms with Gasteiger partial charge in [-0.2, -0.15) is 0 Å². The number of benzene rings is 1. The molecule has 2 rings (SSSR count). The average Bonchev–Trinajstić information content (AvgIpc) is 2.60. The Balaban J connectivity index is 2.38. The summed E-state index contributed by atoms with van der Waals surface area (Å²) in [5.41, 5.74) is 7.41. The lowest BCUT2D eigenvalue weighted by Gasteiger charge is -2.09. The number of tetrazole rings is 1. The molecule has 3 N–H and O–H groups in total. The van der Waals surface area contributed by atoms with Crippen LogP contribution in [0.15, 0.2) is 12.1 Å². The van der Waals surface area contributed by atoms with Crippen LogP contribution in [0.25, 0.3) is 0 Å². The second-order valence-electron chi connectivity index (χ2n) is 3.44. The Morgan fingerprint density at radius 2 is 2.19 bits per heavy atom. The van der Waals surface area contributed by atoms with Gasteiger partial charge in [-0.3, -0.25) is 0 Å². The minimum atomic E-state index is -0.357. The Morgan fingerprint density at radius 3 is 2.81 bits per heavy atom. The zero-order valence-corrected chi connectivity index (χ0v) is 8.90. The molecule has 0 fully saturated rings. The minimum Gasteiger partial charge on any atom is -0.397 e. The molecule has 1 aromatic carbocycles. The van der Waals surface area contributed by atoms with Gasteiger partial charge in [-0.1, -0.05) is 5.10 Å². The van der Waals surface area contributed by atoms with Crippen molar-refractivity contribution in [2.45, 2.75) is 6.92 Å². The first-order valence-electron chi connectivity index (χ1n) is 4.63. The van der Waals surface area contributed by atoms with Crippen molar-refractivity contribution in [3.8, 4) is 0 Å². The van der Waals surface area contributed by atoms with Crippen LogP contribution in [0, 0.1) is 12.7 Å². The van der Waals surface area contributed by atoms with Gasteiger partial charge in [-0.25, -0.2) is 9.07 Å². The second kappa shape index (κ2) is 3.76. The fraction of sp³-hybridized carbons (Fsp3) is 0.222. The molecule has 0 saturated heterocycles. The highest BCUT2D eigenvalue weighted by molar-refractivity contribution is 5.73. The summed E-state index contributed by atoms with van der Waals surface area (Å²) in [6, 6.07) is 2.67. The van der Waals surface area contributed by atoms with Gasteiger partial charge in [0.15, 0.2) is 0 Å². The number of nitrogens with one attached hydrogen (secondary N) is 1. The Morgan fingerprint density at radius 1 is 1.44 bits per heavy atom. The lowest BCUT2D eigenvalue weighted by Crippen LogP contribution is -2.04. The highest BCUT2D eigenvalue weighted by atomic mass is 19.1. The Labute approximate surface area is 91.3 Å². The van der Waals surface area contributed by atoms with Crippen molar-refractivity contribution in [2.24, 2.45) is 7.05 Å². The van der Waals surface area contributed by atoms with Crippen molar-refractivity contribution in [3.63, 3.8) is 0 Å². The van der Waals surface area contributed by atoms with Crippen LogP contribution in [0.4, 0.5) is 21.7 Å². The number of hydrogen-bond donors (Lipinski definition) is 2. The third kappa shape index (κ3) is 1.79. The first kappa shape index (κ1) is 10.3. The molecule has 0 unspecified atom stereocenters. The number of hydrogen-bond acceptors (Lipinski definition) is 5. The van der Waals surface area contributed by atoms with Gasteiger partial charge in [-0.15, -0.1) is 0 Å². The van der Waals surface area contributed by atoms with Gasteiger partial charge in [0.05, 0.1) is 11.4 Å². The van der Waals surface area contributed by atoms with Crippen molar-refractivity contribution >= 4 is 17.3 Å². The van der Waals surface area contributed by atoms with E-state index in [-0.39, 0.29) is 5.82 Å². The zero-order chi connectivity index (χ0) is 11.7. The quantitative estimate of drug-likeness (QED) is 0.740. The number of rotatable bonds is 2. The molecular formula is C9H11FN6. The number of anilines is 3. The fourth-order valence-corrected chi connectivity index (χ4v) is 1.31. The van der Waals surface area contributed by atoms with Crippen LogP contribution >= 0.6 is 0 Å². The smallest absolute Gasteiger partial charge is 0.247 e. The van der Waals surface area contributed by atoms with Crippen LogP contribution in [-0.4, -0.2) is 20.2 Å². The molecular weight excluding hydrogens is 211 g/mol. The topological polar surface area (TPSA) is 81.7 Å². The second-order valence-corrected chi connectivity index (χ2v) is 3.44. The molecule has 0 aliphatic heterocycles. The summed E-state index contributed by atoms with van der Waals surface area (Å²) < 4.78 is 14.6. The summed E-state index contributed by atoms with van der Waals surface area (Å²) in [6.07, 6.45) is 0. The maximum absolute atomic E-state index is 13.2. The number of nitrogen functional groups attached to an aromatic ring is 1. The Kier molecular flexibility index (Phi) is 2.43. The number of halogens is 1. The van der Waals surface area contributed by atoms with E-state index in [1.54, 1.807) is 14.0 Å². The molecule has 1 aromatic heterocycles. The summed E-state index contributed by atoms with van der Waals surface area (Å²) in [5, 5.41) is 13.7. The number of aromatic nitrogens is 4. The minimum absolute atomic E-state index is 0.357. The first-order chi connectivity index (χ1) is 7.58. The number of nitrogens with two attached hydrogens (primary N) is 1. The van der Waals surface area contributed by atoms with E-state index in [0.717, 1.165) is 0 Å². The fourth-order valence-electron chi connectivity index (χ4n) is 1.31. The van der Waals surface area contributed by atoms with Crippen molar-refractivity contribution in [2.75, 3.05) is 11.1 Å². The van der Waals surface area contributed by atoms with E-state index < -0.39 is 0 Å². The van der Waals surface area contributed by atoms with Gasteiger partial charge in [0, 0.05) is 7.05 Å². The Bertz CT molecular complexity index is 521. The van der Waals surface area contributed by atoms with Gasteiger partial charge >= 0.3 is 0 Å². The third-order valence-electron chi connectivity index (χ3n) is 2.22. The maximum atomic E-state index is 13.2. The maximum Gasteiger partial charge on any atom is 0.247 e. The highest BCUT2D eigenvalue weighted by Crippen LogP contribution is 2.25. The molecule has 0 spiro atoms. The predicted molar refractivity (Wildman–Crippen MR) is 57.6 cm³/mol. The monoisotopic (exact) mass is 222 g/mol. The summed E-state index contributed by atoms with van der Waals surface area (Å²) >= 11 is 0. The van der Waals surface area contributed by atoms with Gasteiger partial charge in [0.25, 0.3) is 0 Å². The lowest BCUT2D eigenvalue weighted by atomic mass is 10.1. The van der Waals surface area contributed by atoms with Crippen molar-refractivity contribution in [1.82, 2.24) is 20.2 Å². The standard InChI is InChI=1S/C9H11FN6/c1-5-3-6(10)4-7(8(5)11)12-9-13-14-15-16(9)2/h3-4H,11H2,1-2H3,(H,12,13,15). The molecule has 84 valence electrons. The van der Waals surface area contributed by atoms with Crippen molar-refractivity contribution in [1.29, 1.82) is 0 Å². The molecule has 0 aliphatic carbocycles. The molecule has 7 heteroatoms. The van der Waals surface area contributed by atoms with Crippen LogP contribution < -0.4 is 11.1 Å². The molecule has 6 nitrogen and oxygen atoms in total. The van der Waals surface area contributed by atoms with Gasteiger partial charge in [0.2, 0.25) is 5.95 Å². The normalized spacial score (nSPS) is 10.4. The summed E-state index contributed by atoms with van der Waals surface area (Å²) in [6.45, 7) is 1.73. The summed E-state index contributed by atoms with van der Waals surface area (Å²) in [5.74, 6) is 0.0426. The summed E-state index contributed by atoms with van der Waals surface area (Å²) in [7, 11) is 1.67. The van der Waals surface area contributed by atoms with Crippen LogP contribution in [0.3, 0.4) is 0 Å². The largest absolute Gasteiger partial charge is 0.397 e. The predicted octanol–water partition coefficient (Wildman–Crippen LogP) is 0.983. The number of aryl methyl sites for hydroxylation is 2. The summed E-state index contributed by atoms with van der Waals surface area (Å²) in [4.78, 5) is 0. The number of nitrogens with zero attached hydrogens (tertiary/aromatic N) is 4. The molecule has 0 bridgehead atoms. The molecule has 0 saturated carbocycles. The van der Waals surface area contributed by atoms with Crippen LogP contribution in [0.5, 0.6) is 0 Å². The lowest BCUT2D eigenvalue weighted by molar-refractivity contribution is 0.627. The van der Waals surface area contributed by atoms with E-state index in [2.05, 4.69) is 20.8 Å². The van der Waals surface area contributed by atoms with E-state index in [1.807, 2.05) is 0 Å². The average molecular weight is 222 g/mol. The highest BCUT2D eigenvalue weighted by Gasteiger charge is 2.08. The SMILES string of the molecule is Cc1cc(F)cc(Nc2nnnn2C)c1N. The molecule has 2 aromatic rings. The van der Waals surface area contributed by atoms with Crippen molar-refractivity contribution < 1.29 is 4.39 Å². The molecule has 0 aliphatic rings. The van der Waals surface area contributed by atoms with E-state index in [9.17, 15) is 4.39 Å². The first-order valence-corrected chi connectivity index (χ1v) is 4.63. The third-order valence-corrected chi connectivity index (χ3v) is 2.22. The molecule has 1 heterocycles. The van der Waals surface area contributed by atoms with Crippen molar-refractivity contribution in [3.05, 3.63) is 23.5 Å². The van der Waals surface area contributed by atoms with E-state index in [4.69, 9.17) is 5.73 Å². The van der Waals surface area contributed by atoms with Crippen LogP contribution in [0.1, 0.15) is 5.56 Å². The molecule has 0 radical (unpaired) electrons. The van der Waals surface area contributed by atoms with Gasteiger partial charge < -0.3 is 11.1 Å².